The highest BCUT2D eigenvalue weighted by atomic mass is 79.9. The number of carbonyl (C=O) groups is 1. The number of hydrogen-bond donors (Lipinski definition) is 2. The smallest absolute Gasteiger partial charge is 0.224 e. The van der Waals surface area contributed by atoms with Crippen LogP contribution in [0.15, 0.2) is 46.0 Å². The molecule has 1 heterocycles. The van der Waals surface area contributed by atoms with Crippen LogP contribution in [0.2, 0.25) is 0 Å². The number of aryl methyl sites for hydroxylation is 1. The number of halogens is 2. The maximum Gasteiger partial charge on any atom is 0.224 e. The van der Waals surface area contributed by atoms with E-state index in [1.54, 1.807) is 19.2 Å². The summed E-state index contributed by atoms with van der Waals surface area (Å²) in [5, 5.41) is 6.05. The van der Waals surface area contributed by atoms with Gasteiger partial charge in [-0.3, -0.25) is 9.79 Å². The highest BCUT2D eigenvalue weighted by Crippen LogP contribution is 2.14. The molecule has 0 saturated heterocycles. The second-order valence-corrected chi connectivity index (χ2v) is 7.16. The minimum Gasteiger partial charge on any atom is -0.354 e. The van der Waals surface area contributed by atoms with Crippen molar-refractivity contribution in [1.82, 2.24) is 20.1 Å². The van der Waals surface area contributed by atoms with Gasteiger partial charge in [0.2, 0.25) is 5.91 Å². The Kier molecular flexibility index (Phi) is 7.84. The molecule has 0 saturated carbocycles. The van der Waals surface area contributed by atoms with Gasteiger partial charge in [-0.15, -0.1) is 0 Å². The van der Waals surface area contributed by atoms with Crippen LogP contribution in [0.3, 0.4) is 0 Å². The molecular formula is C19H25BrFN5O. The van der Waals surface area contributed by atoms with E-state index in [0.717, 1.165) is 16.1 Å². The number of nitrogens with zero attached hydrogens (tertiary/aromatic N) is 3. The number of nitrogens with one attached hydrogen (secondary N) is 2. The van der Waals surface area contributed by atoms with Crippen LogP contribution in [-0.2, 0) is 24.8 Å². The second-order valence-electron chi connectivity index (χ2n) is 6.25. The van der Waals surface area contributed by atoms with E-state index >= 15 is 0 Å². The predicted molar refractivity (Wildman–Crippen MR) is 109 cm³/mol. The molecule has 0 aliphatic carbocycles. The van der Waals surface area contributed by atoms with Crippen LogP contribution in [0.5, 0.6) is 0 Å². The normalized spacial score (nSPS) is 11.4. The average molecular weight is 438 g/mol. The third kappa shape index (κ3) is 6.71. The van der Waals surface area contributed by atoms with Gasteiger partial charge in [0, 0.05) is 50.6 Å². The summed E-state index contributed by atoms with van der Waals surface area (Å²) in [6.45, 7) is 1.70. The van der Waals surface area contributed by atoms with E-state index in [-0.39, 0.29) is 18.1 Å². The van der Waals surface area contributed by atoms with Gasteiger partial charge in [0.15, 0.2) is 5.96 Å². The molecule has 0 aliphatic rings. The zero-order chi connectivity index (χ0) is 19.8. The Morgan fingerprint density at radius 1 is 1.30 bits per heavy atom. The fourth-order valence-corrected chi connectivity index (χ4v) is 3.27. The standard InChI is InChI=1S/C19H25BrFN5O/c1-22-19(26(3)13-17-11-15(20)12-25(17)2)24-8-7-23-18(27)10-14-5-4-6-16(21)9-14/h4-6,9,11-12H,7-8,10,13H2,1-3H3,(H,22,24)(H,23,27). The van der Waals surface area contributed by atoms with Crippen molar-refractivity contribution < 1.29 is 9.18 Å². The summed E-state index contributed by atoms with van der Waals surface area (Å²) in [4.78, 5) is 18.2. The quantitative estimate of drug-likeness (QED) is 0.396. The number of carbonyl (C=O) groups excluding carboxylic acids is 1. The molecule has 27 heavy (non-hydrogen) atoms. The fourth-order valence-electron chi connectivity index (χ4n) is 2.70. The van der Waals surface area contributed by atoms with Crippen LogP contribution in [0, 0.1) is 5.82 Å². The molecule has 0 spiro atoms. The third-order valence-corrected chi connectivity index (χ3v) is 4.46. The minimum atomic E-state index is -0.334. The zero-order valence-electron chi connectivity index (χ0n) is 15.8. The second kappa shape index (κ2) is 10.1. The Hall–Kier alpha value is -2.35. The van der Waals surface area contributed by atoms with Gasteiger partial charge in [-0.25, -0.2) is 4.39 Å². The number of rotatable bonds is 7. The van der Waals surface area contributed by atoms with Crippen LogP contribution in [0.25, 0.3) is 0 Å². The number of guanidine groups is 1. The van der Waals surface area contributed by atoms with E-state index < -0.39 is 0 Å². The number of amides is 1. The van der Waals surface area contributed by atoms with Gasteiger partial charge >= 0.3 is 0 Å². The Balaban J connectivity index is 1.74. The largest absolute Gasteiger partial charge is 0.354 e. The first-order chi connectivity index (χ1) is 12.9. The SMILES string of the molecule is CN=C(NCCNC(=O)Cc1cccc(F)c1)N(C)Cc1cc(Br)cn1C. The topological polar surface area (TPSA) is 61.7 Å². The van der Waals surface area contributed by atoms with Crippen molar-refractivity contribution in [2.24, 2.45) is 12.0 Å². The van der Waals surface area contributed by atoms with Crippen LogP contribution in [-0.4, -0.2) is 48.5 Å². The van der Waals surface area contributed by atoms with E-state index in [0.29, 0.717) is 25.2 Å². The molecule has 1 aromatic carbocycles. The maximum atomic E-state index is 13.1. The molecule has 2 aromatic rings. The molecule has 2 N–H and O–H groups in total. The van der Waals surface area contributed by atoms with Gasteiger partial charge in [0.05, 0.1) is 13.0 Å². The van der Waals surface area contributed by atoms with E-state index in [9.17, 15) is 9.18 Å². The first kappa shape index (κ1) is 21.0. The molecule has 6 nitrogen and oxygen atoms in total. The molecular weight excluding hydrogens is 413 g/mol. The lowest BCUT2D eigenvalue weighted by Gasteiger charge is -2.22. The number of benzene rings is 1. The lowest BCUT2D eigenvalue weighted by Crippen LogP contribution is -2.42. The van der Waals surface area contributed by atoms with Crippen molar-refractivity contribution in [2.45, 2.75) is 13.0 Å². The lowest BCUT2D eigenvalue weighted by atomic mass is 10.1. The predicted octanol–water partition coefficient (Wildman–Crippen LogP) is 2.29. The average Bonchev–Trinajstić information content (AvgIpc) is 2.92. The van der Waals surface area contributed by atoms with Crippen LogP contribution in [0.4, 0.5) is 4.39 Å². The number of aromatic nitrogens is 1. The van der Waals surface area contributed by atoms with Crippen LogP contribution in [0.1, 0.15) is 11.3 Å². The maximum absolute atomic E-state index is 13.1. The third-order valence-electron chi connectivity index (χ3n) is 4.03. The van der Waals surface area contributed by atoms with E-state index in [1.165, 1.54) is 12.1 Å². The Morgan fingerprint density at radius 2 is 2.04 bits per heavy atom. The van der Waals surface area contributed by atoms with Gasteiger partial charge in [-0.1, -0.05) is 12.1 Å². The molecule has 0 fully saturated rings. The van der Waals surface area contributed by atoms with E-state index in [4.69, 9.17) is 0 Å². The Bertz CT molecular complexity index is 805. The number of aliphatic imine (C=N–C) groups is 1. The molecule has 0 radical (unpaired) electrons. The number of hydrogen-bond acceptors (Lipinski definition) is 2. The van der Waals surface area contributed by atoms with Crippen LogP contribution < -0.4 is 10.6 Å². The highest BCUT2D eigenvalue weighted by Gasteiger charge is 2.10. The zero-order valence-corrected chi connectivity index (χ0v) is 17.4. The molecule has 0 aliphatic heterocycles. The van der Waals surface area contributed by atoms with Gasteiger partial charge < -0.3 is 20.1 Å². The Morgan fingerprint density at radius 3 is 2.67 bits per heavy atom. The van der Waals surface area contributed by atoms with Crippen molar-refractivity contribution >= 4 is 27.8 Å². The summed E-state index contributed by atoms with van der Waals surface area (Å²) in [6, 6.07) is 8.14. The molecule has 8 heteroatoms. The molecule has 0 unspecified atom stereocenters. The van der Waals surface area contributed by atoms with Crippen molar-refractivity contribution in [1.29, 1.82) is 0 Å². The van der Waals surface area contributed by atoms with Crippen molar-refractivity contribution in [3.63, 3.8) is 0 Å². The lowest BCUT2D eigenvalue weighted by molar-refractivity contribution is -0.120. The molecule has 1 amide bonds. The van der Waals surface area contributed by atoms with E-state index in [2.05, 4.69) is 42.2 Å². The monoisotopic (exact) mass is 437 g/mol. The van der Waals surface area contributed by atoms with Gasteiger partial charge in [-0.05, 0) is 39.7 Å². The summed E-state index contributed by atoms with van der Waals surface area (Å²) in [5.74, 6) is 0.269. The summed E-state index contributed by atoms with van der Waals surface area (Å²) >= 11 is 3.47. The van der Waals surface area contributed by atoms with Crippen LogP contribution >= 0.6 is 15.9 Å². The summed E-state index contributed by atoms with van der Waals surface area (Å²) in [5.41, 5.74) is 1.81. The first-order valence-electron chi connectivity index (χ1n) is 8.62. The van der Waals surface area contributed by atoms with Crippen molar-refractivity contribution in [3.05, 3.63) is 58.1 Å². The Labute approximate surface area is 167 Å². The fraction of sp³-hybridized carbons (Fsp3) is 0.368. The first-order valence-corrected chi connectivity index (χ1v) is 9.42. The van der Waals surface area contributed by atoms with Crippen molar-refractivity contribution in [2.75, 3.05) is 27.2 Å². The molecule has 0 bridgehead atoms. The molecule has 146 valence electrons. The minimum absolute atomic E-state index is 0.139. The summed E-state index contributed by atoms with van der Waals surface area (Å²) in [6.07, 6.45) is 2.17. The van der Waals surface area contributed by atoms with Crippen molar-refractivity contribution in [3.8, 4) is 0 Å². The molecule has 1 aromatic heterocycles. The summed E-state index contributed by atoms with van der Waals surface area (Å²) in [7, 11) is 5.68. The van der Waals surface area contributed by atoms with Gasteiger partial charge in [0.1, 0.15) is 5.82 Å². The van der Waals surface area contributed by atoms with E-state index in [1.807, 2.05) is 25.2 Å². The highest BCUT2D eigenvalue weighted by molar-refractivity contribution is 9.10. The molecule has 2 rings (SSSR count). The van der Waals surface area contributed by atoms with Gasteiger partial charge in [0.25, 0.3) is 0 Å². The molecule has 0 atom stereocenters. The van der Waals surface area contributed by atoms with Gasteiger partial charge in [-0.2, -0.15) is 0 Å². The summed E-state index contributed by atoms with van der Waals surface area (Å²) < 4.78 is 16.2.